The SMILES string of the molecule is C[C@H]1CN(C(=O)CCC(=O)N2CCC3(CC2)OCCO3)c2ccccc2O1. The maximum Gasteiger partial charge on any atom is 0.227 e. The van der Waals surface area contributed by atoms with Crippen LogP contribution in [0.25, 0.3) is 0 Å². The van der Waals surface area contributed by atoms with Crippen LogP contribution in [-0.4, -0.2) is 61.5 Å². The molecule has 0 saturated carbocycles. The molecule has 27 heavy (non-hydrogen) atoms. The van der Waals surface area contributed by atoms with Crippen molar-refractivity contribution < 1.29 is 23.8 Å². The van der Waals surface area contributed by atoms with Crippen molar-refractivity contribution in [3.05, 3.63) is 24.3 Å². The van der Waals surface area contributed by atoms with Crippen molar-refractivity contribution in [3.8, 4) is 5.75 Å². The molecule has 1 atom stereocenters. The lowest BCUT2D eigenvalue weighted by molar-refractivity contribution is -0.187. The minimum atomic E-state index is -0.486. The van der Waals surface area contributed by atoms with Gasteiger partial charge in [-0.15, -0.1) is 0 Å². The number of likely N-dealkylation sites (tertiary alicyclic amines) is 1. The average Bonchev–Trinajstić information content (AvgIpc) is 3.13. The van der Waals surface area contributed by atoms with Crippen LogP contribution in [0.15, 0.2) is 24.3 Å². The highest BCUT2D eigenvalue weighted by molar-refractivity contribution is 5.97. The van der Waals surface area contributed by atoms with Gasteiger partial charge < -0.3 is 24.0 Å². The molecule has 0 aromatic heterocycles. The van der Waals surface area contributed by atoms with Gasteiger partial charge in [0.05, 0.1) is 25.4 Å². The molecular weight excluding hydrogens is 348 g/mol. The lowest BCUT2D eigenvalue weighted by Gasteiger charge is -2.37. The van der Waals surface area contributed by atoms with E-state index in [9.17, 15) is 9.59 Å². The van der Waals surface area contributed by atoms with E-state index < -0.39 is 5.79 Å². The molecule has 1 aromatic carbocycles. The summed E-state index contributed by atoms with van der Waals surface area (Å²) in [4.78, 5) is 28.9. The maximum atomic E-state index is 12.8. The summed E-state index contributed by atoms with van der Waals surface area (Å²) < 4.78 is 17.2. The van der Waals surface area contributed by atoms with Gasteiger partial charge in [0, 0.05) is 38.8 Å². The van der Waals surface area contributed by atoms with Crippen molar-refractivity contribution in [2.75, 3.05) is 37.7 Å². The summed E-state index contributed by atoms with van der Waals surface area (Å²) in [5, 5.41) is 0. The summed E-state index contributed by atoms with van der Waals surface area (Å²) in [7, 11) is 0. The quantitative estimate of drug-likeness (QED) is 0.809. The Morgan fingerprint density at radius 1 is 1.07 bits per heavy atom. The molecule has 0 aliphatic carbocycles. The largest absolute Gasteiger partial charge is 0.487 e. The van der Waals surface area contributed by atoms with Gasteiger partial charge in [0.25, 0.3) is 0 Å². The van der Waals surface area contributed by atoms with Crippen LogP contribution >= 0.6 is 0 Å². The van der Waals surface area contributed by atoms with E-state index in [0.29, 0.717) is 51.4 Å². The first-order valence-corrected chi connectivity index (χ1v) is 9.68. The van der Waals surface area contributed by atoms with Gasteiger partial charge in [0.2, 0.25) is 11.8 Å². The molecule has 2 amide bonds. The summed E-state index contributed by atoms with van der Waals surface area (Å²) in [6.07, 6.45) is 1.75. The zero-order valence-corrected chi connectivity index (χ0v) is 15.7. The van der Waals surface area contributed by atoms with Crippen molar-refractivity contribution in [2.45, 2.75) is 44.5 Å². The van der Waals surface area contributed by atoms with Gasteiger partial charge in [-0.05, 0) is 19.1 Å². The zero-order valence-electron chi connectivity index (χ0n) is 15.7. The second-order valence-corrected chi connectivity index (χ2v) is 7.39. The standard InChI is InChI=1S/C20H26N2O5/c1-15-14-22(16-4-2-3-5-17(16)27-15)19(24)7-6-18(23)21-10-8-20(9-11-21)25-12-13-26-20/h2-5,15H,6-14H2,1H3/t15-/m0/s1. The normalized spacial score (nSPS) is 23.8. The van der Waals surface area contributed by atoms with E-state index in [1.807, 2.05) is 36.1 Å². The predicted molar refractivity (Wildman–Crippen MR) is 98.6 cm³/mol. The Hall–Kier alpha value is -2.12. The van der Waals surface area contributed by atoms with E-state index in [1.165, 1.54) is 0 Å². The van der Waals surface area contributed by atoms with Gasteiger partial charge >= 0.3 is 0 Å². The number of nitrogens with zero attached hydrogens (tertiary/aromatic N) is 2. The molecule has 1 aromatic rings. The van der Waals surface area contributed by atoms with Crippen molar-refractivity contribution in [1.29, 1.82) is 0 Å². The summed E-state index contributed by atoms with van der Waals surface area (Å²) in [5.41, 5.74) is 0.781. The average molecular weight is 374 g/mol. The third kappa shape index (κ3) is 3.80. The minimum Gasteiger partial charge on any atom is -0.487 e. The molecule has 1 spiro atoms. The number of benzene rings is 1. The minimum absolute atomic E-state index is 0.0192. The van der Waals surface area contributed by atoms with Gasteiger partial charge in [-0.3, -0.25) is 9.59 Å². The fraction of sp³-hybridized carbons (Fsp3) is 0.600. The lowest BCUT2D eigenvalue weighted by atomic mass is 10.0. The van der Waals surface area contributed by atoms with Crippen LogP contribution in [0.4, 0.5) is 5.69 Å². The van der Waals surface area contributed by atoms with E-state index in [-0.39, 0.29) is 30.8 Å². The Kier molecular flexibility index (Phi) is 5.06. The Bertz CT molecular complexity index is 706. The Morgan fingerprint density at radius 2 is 1.74 bits per heavy atom. The summed E-state index contributed by atoms with van der Waals surface area (Å²) in [6.45, 7) is 4.93. The fourth-order valence-corrected chi connectivity index (χ4v) is 4.01. The van der Waals surface area contributed by atoms with Gasteiger partial charge in [-0.2, -0.15) is 0 Å². The molecule has 0 N–H and O–H groups in total. The number of rotatable bonds is 3. The van der Waals surface area contributed by atoms with E-state index >= 15 is 0 Å². The monoisotopic (exact) mass is 374 g/mol. The Labute approximate surface area is 159 Å². The Morgan fingerprint density at radius 3 is 2.48 bits per heavy atom. The fourth-order valence-electron chi connectivity index (χ4n) is 4.01. The van der Waals surface area contributed by atoms with Crippen LogP contribution in [0.2, 0.25) is 0 Å². The van der Waals surface area contributed by atoms with Crippen LogP contribution in [0, 0.1) is 0 Å². The number of fused-ring (bicyclic) bond motifs is 1. The summed E-state index contributed by atoms with van der Waals surface area (Å²) in [5.74, 6) is 0.210. The number of amides is 2. The molecular formula is C20H26N2O5. The molecule has 4 rings (SSSR count). The molecule has 2 saturated heterocycles. The summed E-state index contributed by atoms with van der Waals surface area (Å²) >= 11 is 0. The van der Waals surface area contributed by atoms with Gasteiger partial charge in [0.15, 0.2) is 5.79 Å². The third-order valence-corrected chi connectivity index (χ3v) is 5.47. The number of ether oxygens (including phenoxy) is 3. The number of hydrogen-bond acceptors (Lipinski definition) is 5. The first-order chi connectivity index (χ1) is 13.1. The van der Waals surface area contributed by atoms with Crippen molar-refractivity contribution in [2.24, 2.45) is 0 Å². The van der Waals surface area contributed by atoms with Crippen LogP contribution < -0.4 is 9.64 Å². The molecule has 0 bridgehead atoms. The van der Waals surface area contributed by atoms with Crippen LogP contribution in [-0.2, 0) is 19.1 Å². The van der Waals surface area contributed by atoms with E-state index in [0.717, 1.165) is 5.69 Å². The van der Waals surface area contributed by atoms with Crippen molar-refractivity contribution >= 4 is 17.5 Å². The van der Waals surface area contributed by atoms with Gasteiger partial charge in [-0.1, -0.05) is 12.1 Å². The topological polar surface area (TPSA) is 68.3 Å². The molecule has 3 aliphatic heterocycles. The predicted octanol–water partition coefficient (Wildman–Crippen LogP) is 1.95. The second-order valence-electron chi connectivity index (χ2n) is 7.39. The number of anilines is 1. The molecule has 146 valence electrons. The van der Waals surface area contributed by atoms with E-state index in [1.54, 1.807) is 4.90 Å². The van der Waals surface area contributed by atoms with Gasteiger partial charge in [0.1, 0.15) is 11.9 Å². The molecule has 2 fully saturated rings. The highest BCUT2D eigenvalue weighted by atomic mass is 16.7. The first kappa shape index (κ1) is 18.3. The second kappa shape index (κ2) is 7.48. The number of carbonyl (C=O) groups excluding carboxylic acids is 2. The number of para-hydroxylation sites is 2. The van der Waals surface area contributed by atoms with E-state index in [4.69, 9.17) is 14.2 Å². The van der Waals surface area contributed by atoms with Crippen LogP contribution in [0.1, 0.15) is 32.6 Å². The molecule has 0 unspecified atom stereocenters. The number of carbonyl (C=O) groups is 2. The highest BCUT2D eigenvalue weighted by Gasteiger charge is 2.40. The summed E-state index contributed by atoms with van der Waals surface area (Å²) in [6, 6.07) is 7.53. The van der Waals surface area contributed by atoms with Crippen molar-refractivity contribution in [1.82, 2.24) is 4.90 Å². The van der Waals surface area contributed by atoms with Crippen LogP contribution in [0.5, 0.6) is 5.75 Å². The first-order valence-electron chi connectivity index (χ1n) is 9.68. The maximum absolute atomic E-state index is 12.8. The van der Waals surface area contributed by atoms with Crippen LogP contribution in [0.3, 0.4) is 0 Å². The highest BCUT2D eigenvalue weighted by Crippen LogP contribution is 2.34. The number of piperidine rings is 1. The molecule has 7 heteroatoms. The molecule has 3 heterocycles. The third-order valence-electron chi connectivity index (χ3n) is 5.47. The molecule has 7 nitrogen and oxygen atoms in total. The lowest BCUT2D eigenvalue weighted by Crippen LogP contribution is -2.47. The zero-order chi connectivity index (χ0) is 18.9. The van der Waals surface area contributed by atoms with E-state index in [2.05, 4.69) is 0 Å². The van der Waals surface area contributed by atoms with Gasteiger partial charge in [-0.25, -0.2) is 0 Å². The molecule has 0 radical (unpaired) electrons. The van der Waals surface area contributed by atoms with Crippen molar-refractivity contribution in [3.63, 3.8) is 0 Å². The Balaban J connectivity index is 1.31. The molecule has 3 aliphatic rings. The smallest absolute Gasteiger partial charge is 0.227 e. The number of hydrogen-bond donors (Lipinski definition) is 0.